The molecule has 3 heteroatoms. The van der Waals surface area contributed by atoms with Gasteiger partial charge >= 0.3 is 0 Å². The van der Waals surface area contributed by atoms with Gasteiger partial charge in [-0.25, -0.2) is 0 Å². The van der Waals surface area contributed by atoms with E-state index in [0.29, 0.717) is 12.1 Å². The number of likely N-dealkylation sites (N-methyl/N-ethyl adjacent to an activating group) is 1. The summed E-state index contributed by atoms with van der Waals surface area (Å²) in [7, 11) is 2.25. The number of hydrogen-bond acceptors (Lipinski definition) is 3. The van der Waals surface area contributed by atoms with Crippen LogP contribution in [-0.4, -0.2) is 61.7 Å². The van der Waals surface area contributed by atoms with Gasteiger partial charge in [0.05, 0.1) is 0 Å². The lowest BCUT2D eigenvalue weighted by atomic mass is 10.0. The summed E-state index contributed by atoms with van der Waals surface area (Å²) in [6.07, 6.45) is 2.53. The number of nitrogens with zero attached hydrogens (tertiary/aromatic N) is 2. The Bertz CT molecular complexity index is 218. The molecular weight excluding hydrogens is 222 g/mol. The zero-order valence-electron chi connectivity index (χ0n) is 13.1. The molecule has 1 N–H and O–H groups in total. The van der Waals surface area contributed by atoms with Gasteiger partial charge in [-0.3, -0.25) is 4.90 Å². The van der Waals surface area contributed by atoms with E-state index in [0.717, 1.165) is 19.0 Å². The molecule has 1 aliphatic rings. The predicted molar refractivity (Wildman–Crippen MR) is 80.1 cm³/mol. The second kappa shape index (κ2) is 8.13. The van der Waals surface area contributed by atoms with Crippen LogP contribution < -0.4 is 5.32 Å². The lowest BCUT2D eigenvalue weighted by Gasteiger charge is -2.38. The minimum Gasteiger partial charge on any atom is -0.315 e. The third-order valence-corrected chi connectivity index (χ3v) is 4.07. The fourth-order valence-corrected chi connectivity index (χ4v) is 3.05. The maximum Gasteiger partial charge on any atom is 0.0246 e. The van der Waals surface area contributed by atoms with Crippen LogP contribution in [0.25, 0.3) is 0 Å². The maximum atomic E-state index is 3.61. The van der Waals surface area contributed by atoms with Gasteiger partial charge in [0.2, 0.25) is 0 Å². The van der Waals surface area contributed by atoms with Gasteiger partial charge in [-0.2, -0.15) is 0 Å². The normalized spacial score (nSPS) is 25.3. The first kappa shape index (κ1) is 15.9. The molecular formula is C15H33N3. The Labute approximate surface area is 114 Å². The monoisotopic (exact) mass is 255 g/mol. The molecule has 0 amide bonds. The van der Waals surface area contributed by atoms with Crippen LogP contribution in [0, 0.1) is 5.92 Å². The zero-order valence-corrected chi connectivity index (χ0v) is 13.1. The highest BCUT2D eigenvalue weighted by atomic mass is 15.3. The van der Waals surface area contributed by atoms with Crippen LogP contribution >= 0.6 is 0 Å². The van der Waals surface area contributed by atoms with Gasteiger partial charge in [-0.05, 0) is 45.8 Å². The minimum absolute atomic E-state index is 0.674. The number of rotatable bonds is 6. The van der Waals surface area contributed by atoms with Crippen molar-refractivity contribution in [2.45, 2.75) is 52.6 Å². The molecule has 0 aliphatic carbocycles. The maximum absolute atomic E-state index is 3.61. The van der Waals surface area contributed by atoms with E-state index in [1.807, 2.05) is 0 Å². The molecule has 0 aromatic heterocycles. The summed E-state index contributed by atoms with van der Waals surface area (Å²) in [5.41, 5.74) is 0. The first-order valence-electron chi connectivity index (χ1n) is 7.71. The lowest BCUT2D eigenvalue weighted by Crippen LogP contribution is -2.51. The average Bonchev–Trinajstić information content (AvgIpc) is 2.46. The topological polar surface area (TPSA) is 18.5 Å². The fraction of sp³-hybridized carbons (Fsp3) is 1.00. The highest BCUT2D eigenvalue weighted by molar-refractivity contribution is 4.84. The Balaban J connectivity index is 2.59. The van der Waals surface area contributed by atoms with Gasteiger partial charge in [0.25, 0.3) is 0 Å². The van der Waals surface area contributed by atoms with Crippen LogP contribution in [0.5, 0.6) is 0 Å². The van der Waals surface area contributed by atoms with E-state index in [2.05, 4.69) is 49.9 Å². The van der Waals surface area contributed by atoms with Gasteiger partial charge in [-0.1, -0.05) is 20.8 Å². The Morgan fingerprint density at radius 2 is 2.00 bits per heavy atom. The smallest absolute Gasteiger partial charge is 0.0246 e. The molecule has 0 spiro atoms. The largest absolute Gasteiger partial charge is 0.315 e. The van der Waals surface area contributed by atoms with Crippen molar-refractivity contribution in [3.63, 3.8) is 0 Å². The van der Waals surface area contributed by atoms with Crippen LogP contribution in [-0.2, 0) is 0 Å². The third-order valence-electron chi connectivity index (χ3n) is 4.07. The van der Waals surface area contributed by atoms with Crippen molar-refractivity contribution in [1.29, 1.82) is 0 Å². The molecule has 0 aromatic carbocycles. The second-order valence-electron chi connectivity index (χ2n) is 6.22. The van der Waals surface area contributed by atoms with Crippen molar-refractivity contribution in [2.24, 2.45) is 5.92 Å². The van der Waals surface area contributed by atoms with Crippen molar-refractivity contribution >= 4 is 0 Å². The molecule has 0 bridgehead atoms. The second-order valence-corrected chi connectivity index (χ2v) is 6.22. The van der Waals surface area contributed by atoms with Crippen molar-refractivity contribution in [3.05, 3.63) is 0 Å². The van der Waals surface area contributed by atoms with E-state index in [1.54, 1.807) is 0 Å². The standard InChI is InChI=1S/C15H33N3/c1-6-8-16-11-15(13(2)3)18-10-7-9-17(5)12-14(18)4/h13-16H,6-12H2,1-5H3. The Hall–Kier alpha value is -0.120. The summed E-state index contributed by atoms with van der Waals surface area (Å²) in [6.45, 7) is 15.3. The van der Waals surface area contributed by atoms with Gasteiger partial charge in [0.1, 0.15) is 0 Å². The van der Waals surface area contributed by atoms with Crippen LogP contribution in [0.15, 0.2) is 0 Å². The highest BCUT2D eigenvalue weighted by Gasteiger charge is 2.27. The third kappa shape index (κ3) is 4.87. The molecule has 0 aromatic rings. The Morgan fingerprint density at radius 1 is 1.28 bits per heavy atom. The summed E-state index contributed by atoms with van der Waals surface area (Å²) < 4.78 is 0. The summed E-state index contributed by atoms with van der Waals surface area (Å²) in [5, 5.41) is 3.61. The number of nitrogens with one attached hydrogen (secondary N) is 1. The van der Waals surface area contributed by atoms with E-state index < -0.39 is 0 Å². The minimum atomic E-state index is 0.674. The van der Waals surface area contributed by atoms with E-state index in [1.165, 1.54) is 32.5 Å². The van der Waals surface area contributed by atoms with Gasteiger partial charge < -0.3 is 10.2 Å². The van der Waals surface area contributed by atoms with Gasteiger partial charge in [0, 0.05) is 31.7 Å². The van der Waals surface area contributed by atoms with Crippen molar-refractivity contribution < 1.29 is 0 Å². The predicted octanol–water partition coefficient (Wildman–Crippen LogP) is 2.04. The molecule has 0 radical (unpaired) electrons. The van der Waals surface area contributed by atoms with Crippen molar-refractivity contribution in [3.8, 4) is 0 Å². The molecule has 18 heavy (non-hydrogen) atoms. The Morgan fingerprint density at radius 3 is 2.61 bits per heavy atom. The molecule has 108 valence electrons. The van der Waals surface area contributed by atoms with E-state index in [-0.39, 0.29) is 0 Å². The fourth-order valence-electron chi connectivity index (χ4n) is 3.05. The molecule has 1 aliphatic heterocycles. The summed E-state index contributed by atoms with van der Waals surface area (Å²) in [6, 6.07) is 1.35. The first-order chi connectivity index (χ1) is 8.56. The quantitative estimate of drug-likeness (QED) is 0.733. The molecule has 1 heterocycles. The van der Waals surface area contributed by atoms with E-state index in [4.69, 9.17) is 0 Å². The van der Waals surface area contributed by atoms with Crippen LogP contribution in [0.2, 0.25) is 0 Å². The molecule has 3 nitrogen and oxygen atoms in total. The van der Waals surface area contributed by atoms with Crippen molar-refractivity contribution in [2.75, 3.05) is 39.8 Å². The lowest BCUT2D eigenvalue weighted by molar-refractivity contribution is 0.109. The van der Waals surface area contributed by atoms with Gasteiger partial charge in [0.15, 0.2) is 0 Å². The summed E-state index contributed by atoms with van der Waals surface area (Å²) in [5.74, 6) is 0.722. The molecule has 0 saturated carbocycles. The molecule has 1 saturated heterocycles. The van der Waals surface area contributed by atoms with Crippen LogP contribution in [0.1, 0.15) is 40.5 Å². The summed E-state index contributed by atoms with van der Waals surface area (Å²) in [4.78, 5) is 5.21. The van der Waals surface area contributed by atoms with Crippen LogP contribution in [0.4, 0.5) is 0 Å². The van der Waals surface area contributed by atoms with Crippen LogP contribution in [0.3, 0.4) is 0 Å². The zero-order chi connectivity index (χ0) is 13.5. The SMILES string of the molecule is CCCNCC(C(C)C)N1CCCN(C)CC1C. The number of hydrogen-bond donors (Lipinski definition) is 1. The van der Waals surface area contributed by atoms with Crippen molar-refractivity contribution in [1.82, 2.24) is 15.1 Å². The first-order valence-corrected chi connectivity index (χ1v) is 7.71. The molecule has 1 rings (SSSR count). The summed E-state index contributed by atoms with van der Waals surface area (Å²) >= 11 is 0. The molecule has 2 unspecified atom stereocenters. The average molecular weight is 255 g/mol. The Kier molecular flexibility index (Phi) is 7.20. The van der Waals surface area contributed by atoms with Gasteiger partial charge in [-0.15, -0.1) is 0 Å². The molecule has 1 fully saturated rings. The molecule has 2 atom stereocenters. The van der Waals surface area contributed by atoms with E-state index in [9.17, 15) is 0 Å². The highest BCUT2D eigenvalue weighted by Crippen LogP contribution is 2.17. The van der Waals surface area contributed by atoms with E-state index >= 15 is 0 Å².